The minimum absolute atomic E-state index is 0.320. The number of primary amides is 1. The summed E-state index contributed by atoms with van der Waals surface area (Å²) in [5, 5.41) is 0. The van der Waals surface area contributed by atoms with Crippen molar-refractivity contribution < 1.29 is 4.79 Å². The second-order valence-electron chi connectivity index (χ2n) is 4.24. The fourth-order valence-corrected chi connectivity index (χ4v) is 1.78. The number of aromatic amines is 1. The molecule has 0 saturated heterocycles. The van der Waals surface area contributed by atoms with Gasteiger partial charge in [0.25, 0.3) is 5.56 Å². The molecule has 1 heterocycles. The lowest BCUT2D eigenvalue weighted by atomic mass is 10.0. The lowest BCUT2D eigenvalue weighted by Gasteiger charge is -2.09. The third-order valence-electron chi connectivity index (χ3n) is 2.86. The van der Waals surface area contributed by atoms with Crippen LogP contribution >= 0.6 is 0 Å². The van der Waals surface area contributed by atoms with E-state index in [0.29, 0.717) is 12.1 Å². The Bertz CT molecular complexity index is 743. The number of amides is 1. The van der Waals surface area contributed by atoms with Crippen molar-refractivity contribution in [1.29, 1.82) is 0 Å². The topological polar surface area (TPSA) is 97.9 Å². The average molecular weight is 259 g/mol. The summed E-state index contributed by atoms with van der Waals surface area (Å²) in [6.45, 7) is 2.15. The summed E-state index contributed by atoms with van der Waals surface area (Å²) in [6.07, 6.45) is 1.43. The van der Waals surface area contributed by atoms with Crippen molar-refractivity contribution in [1.82, 2.24) is 9.55 Å². The van der Waals surface area contributed by atoms with Crippen molar-refractivity contribution in [3.05, 3.63) is 68.0 Å². The number of hydrogen-bond acceptors (Lipinski definition) is 3. The second kappa shape index (κ2) is 4.93. The number of H-pyrrole nitrogens is 1. The zero-order chi connectivity index (χ0) is 14.0. The lowest BCUT2D eigenvalue weighted by Crippen LogP contribution is -2.29. The van der Waals surface area contributed by atoms with Gasteiger partial charge < -0.3 is 5.73 Å². The number of carbonyl (C=O) groups excluding carboxylic acids is 1. The predicted molar refractivity (Wildman–Crippen MR) is 70.1 cm³/mol. The first-order chi connectivity index (χ1) is 8.97. The summed E-state index contributed by atoms with van der Waals surface area (Å²) in [4.78, 5) is 35.8. The number of rotatable bonds is 3. The molecule has 19 heavy (non-hydrogen) atoms. The highest BCUT2D eigenvalue weighted by Gasteiger charge is 2.05. The van der Waals surface area contributed by atoms with Crippen molar-refractivity contribution in [2.45, 2.75) is 13.5 Å². The van der Waals surface area contributed by atoms with Gasteiger partial charge in [0.1, 0.15) is 0 Å². The van der Waals surface area contributed by atoms with Crippen LogP contribution in [0.15, 0.2) is 40.1 Å². The van der Waals surface area contributed by atoms with Crippen LogP contribution in [-0.2, 0) is 6.54 Å². The van der Waals surface area contributed by atoms with Crippen molar-refractivity contribution in [2.75, 3.05) is 0 Å². The van der Waals surface area contributed by atoms with Gasteiger partial charge in [0.15, 0.2) is 0 Å². The van der Waals surface area contributed by atoms with E-state index in [4.69, 9.17) is 5.73 Å². The Kier molecular flexibility index (Phi) is 3.33. The molecule has 0 spiro atoms. The molecule has 6 nitrogen and oxygen atoms in total. The molecular weight excluding hydrogens is 246 g/mol. The highest BCUT2D eigenvalue weighted by molar-refractivity contribution is 5.93. The number of carbonyl (C=O) groups is 1. The number of nitrogens with one attached hydrogen (secondary N) is 1. The molecule has 6 heteroatoms. The maximum Gasteiger partial charge on any atom is 0.328 e. The van der Waals surface area contributed by atoms with E-state index in [1.807, 2.05) is 6.92 Å². The van der Waals surface area contributed by atoms with E-state index < -0.39 is 17.2 Å². The molecule has 0 fully saturated rings. The molecule has 3 N–H and O–H groups in total. The molecule has 0 saturated carbocycles. The van der Waals surface area contributed by atoms with E-state index in [1.54, 1.807) is 18.2 Å². The van der Waals surface area contributed by atoms with Crippen LogP contribution in [0.25, 0.3) is 0 Å². The molecule has 0 atom stereocenters. The van der Waals surface area contributed by atoms with Crippen molar-refractivity contribution in [2.24, 2.45) is 5.73 Å². The quantitative estimate of drug-likeness (QED) is 0.811. The summed E-state index contributed by atoms with van der Waals surface area (Å²) in [5.41, 5.74) is 6.45. The van der Waals surface area contributed by atoms with Gasteiger partial charge in [0.2, 0.25) is 5.91 Å². The third kappa shape index (κ3) is 2.79. The summed E-state index contributed by atoms with van der Waals surface area (Å²) >= 11 is 0. The number of aryl methyl sites for hydroxylation is 1. The number of hydrogen-bond donors (Lipinski definition) is 2. The first kappa shape index (κ1) is 12.8. The van der Waals surface area contributed by atoms with Gasteiger partial charge in [-0.05, 0) is 30.2 Å². The predicted octanol–water partition coefficient (Wildman–Crippen LogP) is -0.00778. The summed E-state index contributed by atoms with van der Waals surface area (Å²) in [5.74, 6) is -0.490. The van der Waals surface area contributed by atoms with Gasteiger partial charge in [-0.1, -0.05) is 6.07 Å². The van der Waals surface area contributed by atoms with E-state index in [-0.39, 0.29) is 0 Å². The molecule has 0 unspecified atom stereocenters. The molecule has 2 rings (SSSR count). The van der Waals surface area contributed by atoms with Gasteiger partial charge in [-0.3, -0.25) is 19.1 Å². The van der Waals surface area contributed by atoms with E-state index in [1.165, 1.54) is 16.8 Å². The zero-order valence-corrected chi connectivity index (χ0v) is 10.3. The molecule has 98 valence electrons. The van der Waals surface area contributed by atoms with Crippen LogP contribution < -0.4 is 17.0 Å². The van der Waals surface area contributed by atoms with Crippen LogP contribution in [0.5, 0.6) is 0 Å². The first-order valence-corrected chi connectivity index (χ1v) is 5.66. The van der Waals surface area contributed by atoms with Gasteiger partial charge in [0.05, 0.1) is 6.54 Å². The minimum Gasteiger partial charge on any atom is -0.366 e. The number of aromatic nitrogens is 2. The van der Waals surface area contributed by atoms with Crippen molar-refractivity contribution in [3.63, 3.8) is 0 Å². The Hall–Kier alpha value is -2.63. The fraction of sp³-hybridized carbons (Fsp3) is 0.154. The van der Waals surface area contributed by atoms with Gasteiger partial charge >= 0.3 is 5.69 Å². The number of nitrogens with two attached hydrogens (primary N) is 1. The smallest absolute Gasteiger partial charge is 0.328 e. The van der Waals surface area contributed by atoms with Crippen molar-refractivity contribution in [3.8, 4) is 0 Å². The van der Waals surface area contributed by atoms with E-state index in [9.17, 15) is 14.4 Å². The normalized spacial score (nSPS) is 10.4. The molecule has 2 aromatic rings. The first-order valence-electron chi connectivity index (χ1n) is 5.66. The standard InChI is InChI=1S/C13H13N3O3/c1-8-6-9(12(14)18)2-3-10(8)7-16-5-4-11(17)15-13(16)19/h2-6H,7H2,1H3,(H2,14,18)(H,15,17,19). The van der Waals surface area contributed by atoms with E-state index >= 15 is 0 Å². The van der Waals surface area contributed by atoms with Gasteiger partial charge in [-0.25, -0.2) is 4.79 Å². The molecule has 1 aromatic heterocycles. The number of nitrogens with zero attached hydrogens (tertiary/aromatic N) is 1. The van der Waals surface area contributed by atoms with E-state index in [2.05, 4.69) is 4.98 Å². The van der Waals surface area contributed by atoms with Gasteiger partial charge in [0, 0.05) is 17.8 Å². The molecule has 0 aliphatic heterocycles. The molecule has 0 aliphatic carbocycles. The summed E-state index contributed by atoms with van der Waals surface area (Å²) in [7, 11) is 0. The Morgan fingerprint density at radius 2 is 2.05 bits per heavy atom. The average Bonchev–Trinajstić information content (AvgIpc) is 2.34. The number of benzene rings is 1. The third-order valence-corrected chi connectivity index (χ3v) is 2.86. The van der Waals surface area contributed by atoms with E-state index in [0.717, 1.165) is 11.1 Å². The summed E-state index contributed by atoms with van der Waals surface area (Å²) in [6, 6.07) is 6.32. The molecule has 0 aliphatic rings. The Balaban J connectivity index is 2.36. The van der Waals surface area contributed by atoms with Gasteiger partial charge in [-0.15, -0.1) is 0 Å². The summed E-state index contributed by atoms with van der Waals surface area (Å²) < 4.78 is 1.38. The van der Waals surface area contributed by atoms with Crippen molar-refractivity contribution >= 4 is 5.91 Å². The lowest BCUT2D eigenvalue weighted by molar-refractivity contribution is 0.1000. The molecule has 0 radical (unpaired) electrons. The fourth-order valence-electron chi connectivity index (χ4n) is 1.78. The van der Waals surface area contributed by atoms with Gasteiger partial charge in [-0.2, -0.15) is 0 Å². The zero-order valence-electron chi connectivity index (χ0n) is 10.3. The molecule has 0 bridgehead atoms. The monoisotopic (exact) mass is 259 g/mol. The SMILES string of the molecule is Cc1cc(C(N)=O)ccc1Cn1ccc(=O)[nH]c1=O. The molecular formula is C13H13N3O3. The van der Waals surface area contributed by atoms with Crippen LogP contribution in [0.3, 0.4) is 0 Å². The highest BCUT2D eigenvalue weighted by Crippen LogP contribution is 2.11. The molecule has 1 aromatic carbocycles. The largest absolute Gasteiger partial charge is 0.366 e. The Morgan fingerprint density at radius 1 is 1.32 bits per heavy atom. The second-order valence-corrected chi connectivity index (χ2v) is 4.24. The van der Waals surface area contributed by atoms with Crippen LogP contribution in [0.1, 0.15) is 21.5 Å². The highest BCUT2D eigenvalue weighted by atomic mass is 16.2. The maximum absolute atomic E-state index is 11.6. The Labute approximate surface area is 108 Å². The van der Waals surface area contributed by atoms with Crippen LogP contribution in [0.2, 0.25) is 0 Å². The maximum atomic E-state index is 11.6. The minimum atomic E-state index is -0.490. The Morgan fingerprint density at radius 3 is 2.63 bits per heavy atom. The van der Waals surface area contributed by atoms with Crippen LogP contribution in [0.4, 0.5) is 0 Å². The van der Waals surface area contributed by atoms with Crippen LogP contribution in [0, 0.1) is 6.92 Å². The molecule has 1 amide bonds. The van der Waals surface area contributed by atoms with Crippen LogP contribution in [-0.4, -0.2) is 15.5 Å².